The van der Waals surface area contributed by atoms with Gasteiger partial charge in [0.15, 0.2) is 17.0 Å². The topological polar surface area (TPSA) is 89.3 Å². The van der Waals surface area contributed by atoms with E-state index in [1.807, 2.05) is 23.1 Å². The van der Waals surface area contributed by atoms with Crippen LogP contribution in [0.25, 0.3) is 11.2 Å². The van der Waals surface area contributed by atoms with Crippen molar-refractivity contribution in [2.24, 2.45) is 0 Å². The van der Waals surface area contributed by atoms with Crippen LogP contribution in [-0.4, -0.2) is 74.7 Å². The van der Waals surface area contributed by atoms with Gasteiger partial charge in [-0.15, -0.1) is 5.10 Å². The summed E-state index contributed by atoms with van der Waals surface area (Å²) in [7, 11) is 0. The number of hydrogen-bond donors (Lipinski definition) is 0. The van der Waals surface area contributed by atoms with E-state index in [0.29, 0.717) is 44.8 Å². The molecule has 2 saturated heterocycles. The second-order valence-electron chi connectivity index (χ2n) is 7.42. The lowest BCUT2D eigenvalue weighted by molar-refractivity contribution is -0.141. The van der Waals surface area contributed by atoms with Crippen molar-refractivity contribution >= 4 is 22.9 Å². The summed E-state index contributed by atoms with van der Waals surface area (Å²) < 4.78 is 7.34. The van der Waals surface area contributed by atoms with Crippen LogP contribution in [0.4, 0.5) is 5.82 Å². The molecule has 0 bridgehead atoms. The molecular formula is C20H23N7O2. The molecule has 1 amide bonds. The Hall–Kier alpha value is -3.07. The van der Waals surface area contributed by atoms with E-state index in [1.54, 1.807) is 11.0 Å². The zero-order valence-corrected chi connectivity index (χ0v) is 16.1. The van der Waals surface area contributed by atoms with Crippen LogP contribution in [0.1, 0.15) is 18.4 Å². The van der Waals surface area contributed by atoms with E-state index in [1.165, 1.54) is 0 Å². The standard InChI is InChI=1S/C20H23N7O2/c28-20(16-7-4-12-29-16)26-10-8-25(9-11-26)18-17-19(22-14-21-18)27(24-23-17)13-15-5-2-1-3-6-15/h1-3,5-6,14,16H,4,7-13H2. The number of amides is 1. The minimum absolute atomic E-state index is 0.115. The molecule has 4 heterocycles. The molecule has 0 saturated carbocycles. The van der Waals surface area contributed by atoms with E-state index in [0.717, 1.165) is 29.9 Å². The lowest BCUT2D eigenvalue weighted by Crippen LogP contribution is -2.51. The number of carbonyl (C=O) groups excluding carboxylic acids is 1. The van der Waals surface area contributed by atoms with E-state index in [4.69, 9.17) is 4.74 Å². The maximum Gasteiger partial charge on any atom is 0.251 e. The molecule has 0 N–H and O–H groups in total. The summed E-state index contributed by atoms with van der Waals surface area (Å²) in [5, 5.41) is 8.65. The molecular weight excluding hydrogens is 370 g/mol. The van der Waals surface area contributed by atoms with Crippen molar-refractivity contribution in [2.45, 2.75) is 25.5 Å². The molecule has 0 aliphatic carbocycles. The van der Waals surface area contributed by atoms with Gasteiger partial charge in [0.25, 0.3) is 5.91 Å². The summed E-state index contributed by atoms with van der Waals surface area (Å²) >= 11 is 0. The third-order valence-corrected chi connectivity index (χ3v) is 5.55. The lowest BCUT2D eigenvalue weighted by atomic mass is 10.2. The molecule has 2 aliphatic heterocycles. The van der Waals surface area contributed by atoms with E-state index < -0.39 is 0 Å². The van der Waals surface area contributed by atoms with E-state index in [9.17, 15) is 4.79 Å². The van der Waals surface area contributed by atoms with Gasteiger partial charge < -0.3 is 14.5 Å². The van der Waals surface area contributed by atoms with Gasteiger partial charge >= 0.3 is 0 Å². The molecule has 9 nitrogen and oxygen atoms in total. The third kappa shape index (κ3) is 3.53. The molecule has 1 unspecified atom stereocenters. The Morgan fingerprint density at radius 2 is 1.93 bits per heavy atom. The van der Waals surface area contributed by atoms with Crippen molar-refractivity contribution in [3.63, 3.8) is 0 Å². The van der Waals surface area contributed by atoms with Crippen molar-refractivity contribution in [3.8, 4) is 0 Å². The maximum absolute atomic E-state index is 12.6. The average Bonchev–Trinajstić information content (AvgIpc) is 3.45. The highest BCUT2D eigenvalue weighted by atomic mass is 16.5. The van der Waals surface area contributed by atoms with Crippen LogP contribution in [0.15, 0.2) is 36.7 Å². The Morgan fingerprint density at radius 3 is 2.69 bits per heavy atom. The molecule has 5 rings (SSSR count). The highest BCUT2D eigenvalue weighted by molar-refractivity contribution is 5.84. The second kappa shape index (κ2) is 7.75. The number of nitrogens with zero attached hydrogens (tertiary/aromatic N) is 7. The molecule has 150 valence electrons. The van der Waals surface area contributed by atoms with E-state index in [2.05, 4.69) is 37.3 Å². The number of aromatic nitrogens is 5. The Labute approximate surface area is 168 Å². The zero-order chi connectivity index (χ0) is 19.6. The SMILES string of the molecule is O=C(C1CCCO1)N1CCN(c2ncnc3c2nnn3Cc2ccccc2)CC1. The summed E-state index contributed by atoms with van der Waals surface area (Å²) in [6, 6.07) is 10.1. The van der Waals surface area contributed by atoms with Gasteiger partial charge in [-0.2, -0.15) is 0 Å². The van der Waals surface area contributed by atoms with Crippen LogP contribution >= 0.6 is 0 Å². The predicted molar refractivity (Wildman–Crippen MR) is 106 cm³/mol. The number of rotatable bonds is 4. The molecule has 9 heteroatoms. The van der Waals surface area contributed by atoms with Crippen LogP contribution in [-0.2, 0) is 16.1 Å². The molecule has 2 fully saturated rings. The lowest BCUT2D eigenvalue weighted by Gasteiger charge is -2.36. The van der Waals surface area contributed by atoms with Crippen LogP contribution < -0.4 is 4.90 Å². The van der Waals surface area contributed by atoms with Gasteiger partial charge in [-0.25, -0.2) is 14.6 Å². The van der Waals surface area contributed by atoms with Crippen molar-refractivity contribution in [1.29, 1.82) is 0 Å². The Bertz CT molecular complexity index is 992. The number of carbonyl (C=O) groups is 1. The molecule has 2 aromatic heterocycles. The van der Waals surface area contributed by atoms with Crippen LogP contribution in [0.5, 0.6) is 0 Å². The van der Waals surface area contributed by atoms with Crippen LogP contribution in [0.3, 0.4) is 0 Å². The minimum atomic E-state index is -0.259. The highest BCUT2D eigenvalue weighted by Gasteiger charge is 2.31. The predicted octanol–water partition coefficient (Wildman–Crippen LogP) is 1.10. The highest BCUT2D eigenvalue weighted by Crippen LogP contribution is 2.23. The number of benzene rings is 1. The van der Waals surface area contributed by atoms with Gasteiger partial charge in [-0.05, 0) is 18.4 Å². The summed E-state index contributed by atoms with van der Waals surface area (Å²) in [5.74, 6) is 0.891. The molecule has 0 radical (unpaired) electrons. The van der Waals surface area contributed by atoms with Crippen molar-refractivity contribution in [2.75, 3.05) is 37.7 Å². The van der Waals surface area contributed by atoms with Crippen molar-refractivity contribution < 1.29 is 9.53 Å². The first-order valence-corrected chi connectivity index (χ1v) is 10.0. The zero-order valence-electron chi connectivity index (χ0n) is 16.1. The van der Waals surface area contributed by atoms with Gasteiger partial charge in [-0.1, -0.05) is 35.5 Å². The summed E-state index contributed by atoms with van der Waals surface area (Å²) in [4.78, 5) is 25.5. The number of anilines is 1. The van der Waals surface area contributed by atoms with Gasteiger partial charge in [-0.3, -0.25) is 4.79 Å². The Kier molecular flexibility index (Phi) is 4.81. The first-order valence-electron chi connectivity index (χ1n) is 10.0. The fourth-order valence-corrected chi connectivity index (χ4v) is 3.99. The Balaban J connectivity index is 1.31. The largest absolute Gasteiger partial charge is 0.368 e. The van der Waals surface area contributed by atoms with Gasteiger partial charge in [0.2, 0.25) is 0 Å². The van der Waals surface area contributed by atoms with Gasteiger partial charge in [0.1, 0.15) is 12.4 Å². The maximum atomic E-state index is 12.6. The summed E-state index contributed by atoms with van der Waals surface area (Å²) in [6.07, 6.45) is 3.10. The molecule has 29 heavy (non-hydrogen) atoms. The molecule has 1 aromatic carbocycles. The number of ether oxygens (including phenoxy) is 1. The molecule has 3 aromatic rings. The quantitative estimate of drug-likeness (QED) is 0.656. The number of hydrogen-bond acceptors (Lipinski definition) is 7. The number of piperazine rings is 1. The van der Waals surface area contributed by atoms with E-state index in [-0.39, 0.29) is 12.0 Å². The van der Waals surface area contributed by atoms with Crippen LogP contribution in [0, 0.1) is 0 Å². The minimum Gasteiger partial charge on any atom is -0.368 e. The summed E-state index contributed by atoms with van der Waals surface area (Å²) in [6.45, 7) is 4.02. The van der Waals surface area contributed by atoms with Gasteiger partial charge in [0.05, 0.1) is 6.54 Å². The normalized spacial score (nSPS) is 19.8. The van der Waals surface area contributed by atoms with Gasteiger partial charge in [0, 0.05) is 32.8 Å². The fourth-order valence-electron chi connectivity index (χ4n) is 3.99. The van der Waals surface area contributed by atoms with Crippen LogP contribution in [0.2, 0.25) is 0 Å². The van der Waals surface area contributed by atoms with Crippen molar-refractivity contribution in [3.05, 3.63) is 42.2 Å². The molecule has 0 spiro atoms. The van der Waals surface area contributed by atoms with Crippen molar-refractivity contribution in [1.82, 2.24) is 29.9 Å². The first kappa shape index (κ1) is 18.0. The smallest absolute Gasteiger partial charge is 0.251 e. The monoisotopic (exact) mass is 393 g/mol. The fraction of sp³-hybridized carbons (Fsp3) is 0.450. The first-order chi connectivity index (χ1) is 14.3. The molecule has 2 aliphatic rings. The number of fused-ring (bicyclic) bond motifs is 1. The Morgan fingerprint density at radius 1 is 1.10 bits per heavy atom. The van der Waals surface area contributed by atoms with E-state index >= 15 is 0 Å². The second-order valence-corrected chi connectivity index (χ2v) is 7.42. The summed E-state index contributed by atoms with van der Waals surface area (Å²) in [5.41, 5.74) is 2.56. The average molecular weight is 393 g/mol. The molecule has 1 atom stereocenters. The third-order valence-electron chi connectivity index (χ3n) is 5.55.